The molecule has 0 amide bonds. The van der Waals surface area contributed by atoms with Gasteiger partial charge in [-0.1, -0.05) is 23.7 Å². The molecule has 4 heteroatoms. The van der Waals surface area contributed by atoms with Crippen LogP contribution in [-0.2, 0) is 11.2 Å². The Hall–Kier alpha value is -1.06. The number of hydrogen-bond donors (Lipinski definition) is 2. The average molecular weight is 254 g/mol. The fourth-order valence-corrected chi connectivity index (χ4v) is 2.58. The van der Waals surface area contributed by atoms with Gasteiger partial charge in [-0.3, -0.25) is 4.79 Å². The lowest BCUT2D eigenvalue weighted by Gasteiger charge is -2.24. The minimum atomic E-state index is -0.806. The van der Waals surface area contributed by atoms with Crippen molar-refractivity contribution in [1.29, 1.82) is 0 Å². The molecule has 1 saturated heterocycles. The molecule has 2 rings (SSSR count). The lowest BCUT2D eigenvalue weighted by atomic mass is 9.90. The fraction of sp³-hybridized carbons (Fsp3) is 0.462. The summed E-state index contributed by atoms with van der Waals surface area (Å²) in [6.07, 6.45) is 2.32. The van der Waals surface area contributed by atoms with Gasteiger partial charge in [-0.25, -0.2) is 0 Å². The molecule has 0 radical (unpaired) electrons. The molecular formula is C13H16ClNO2. The van der Waals surface area contributed by atoms with Crippen LogP contribution in [0.4, 0.5) is 0 Å². The molecule has 1 heterocycles. The van der Waals surface area contributed by atoms with E-state index in [-0.39, 0.29) is 6.42 Å². The molecule has 1 unspecified atom stereocenters. The second-order valence-electron chi connectivity index (χ2n) is 4.47. The third-order valence-electron chi connectivity index (χ3n) is 3.15. The van der Waals surface area contributed by atoms with Gasteiger partial charge in [0.05, 0.1) is 6.42 Å². The molecule has 0 aromatic heterocycles. The van der Waals surface area contributed by atoms with Crippen LogP contribution in [0.25, 0.3) is 0 Å². The van der Waals surface area contributed by atoms with E-state index in [0.717, 1.165) is 42.1 Å². The Bertz CT molecular complexity index is 414. The molecule has 0 saturated carbocycles. The molecule has 1 aromatic carbocycles. The lowest BCUT2D eigenvalue weighted by molar-refractivity contribution is -0.136. The van der Waals surface area contributed by atoms with E-state index in [1.165, 1.54) is 0 Å². The largest absolute Gasteiger partial charge is 0.481 e. The van der Waals surface area contributed by atoms with E-state index in [1.807, 2.05) is 12.1 Å². The monoisotopic (exact) mass is 253 g/mol. The van der Waals surface area contributed by atoms with Crippen LogP contribution in [0.2, 0.25) is 5.02 Å². The zero-order valence-electron chi connectivity index (χ0n) is 9.58. The van der Waals surface area contributed by atoms with Gasteiger partial charge in [0.25, 0.3) is 0 Å². The van der Waals surface area contributed by atoms with Crippen molar-refractivity contribution in [2.24, 2.45) is 0 Å². The van der Waals surface area contributed by atoms with Gasteiger partial charge < -0.3 is 10.4 Å². The van der Waals surface area contributed by atoms with Crippen LogP contribution in [-0.4, -0.2) is 24.2 Å². The molecule has 1 aliphatic rings. The predicted octanol–water partition coefficient (Wildman–Crippen LogP) is 2.43. The van der Waals surface area contributed by atoms with Gasteiger partial charge in [0.2, 0.25) is 0 Å². The first-order valence-electron chi connectivity index (χ1n) is 5.87. The topological polar surface area (TPSA) is 49.3 Å². The van der Waals surface area contributed by atoms with Gasteiger partial charge in [0.15, 0.2) is 0 Å². The summed E-state index contributed by atoms with van der Waals surface area (Å²) >= 11 is 6.19. The zero-order valence-corrected chi connectivity index (χ0v) is 10.3. The Kier molecular flexibility index (Phi) is 4.02. The van der Waals surface area contributed by atoms with Crippen molar-refractivity contribution in [2.75, 3.05) is 13.1 Å². The summed E-state index contributed by atoms with van der Waals surface area (Å²) in [6.45, 7) is 1.99. The molecule has 1 aromatic rings. The Labute approximate surface area is 106 Å². The Morgan fingerprint density at radius 3 is 3.00 bits per heavy atom. The molecule has 0 bridgehead atoms. The van der Waals surface area contributed by atoms with Gasteiger partial charge in [0.1, 0.15) is 0 Å². The van der Waals surface area contributed by atoms with Crippen molar-refractivity contribution in [3.05, 3.63) is 34.3 Å². The number of carboxylic acids is 1. The number of carboxylic acid groups (broad SMARTS) is 1. The van der Waals surface area contributed by atoms with Crippen molar-refractivity contribution < 1.29 is 9.90 Å². The maximum atomic E-state index is 10.7. The van der Waals surface area contributed by atoms with Crippen LogP contribution in [0.15, 0.2) is 18.2 Å². The molecule has 0 aliphatic carbocycles. The standard InChI is InChI=1S/C13H16ClNO2/c14-12-4-3-9(7-13(16)17)6-11(12)10-2-1-5-15-8-10/h3-4,6,10,15H,1-2,5,7-8H2,(H,16,17). The smallest absolute Gasteiger partial charge is 0.307 e. The van der Waals surface area contributed by atoms with Crippen molar-refractivity contribution in [3.8, 4) is 0 Å². The SMILES string of the molecule is O=C(O)Cc1ccc(Cl)c(C2CCCNC2)c1. The number of carbonyl (C=O) groups is 1. The first kappa shape index (κ1) is 12.4. The number of nitrogens with one attached hydrogen (secondary N) is 1. The van der Waals surface area contributed by atoms with Crippen LogP contribution in [0.5, 0.6) is 0 Å². The summed E-state index contributed by atoms with van der Waals surface area (Å²) in [5, 5.41) is 12.9. The highest BCUT2D eigenvalue weighted by atomic mass is 35.5. The molecule has 2 N–H and O–H groups in total. The second kappa shape index (κ2) is 5.52. The Morgan fingerprint density at radius 1 is 1.53 bits per heavy atom. The van der Waals surface area contributed by atoms with Crippen molar-refractivity contribution in [2.45, 2.75) is 25.2 Å². The Morgan fingerprint density at radius 2 is 2.35 bits per heavy atom. The third-order valence-corrected chi connectivity index (χ3v) is 3.50. The highest BCUT2D eigenvalue weighted by molar-refractivity contribution is 6.31. The molecule has 1 aliphatic heterocycles. The van der Waals surface area contributed by atoms with E-state index >= 15 is 0 Å². The quantitative estimate of drug-likeness (QED) is 0.870. The summed E-state index contributed by atoms with van der Waals surface area (Å²) in [5.41, 5.74) is 1.90. The van der Waals surface area contributed by atoms with E-state index in [4.69, 9.17) is 16.7 Å². The van der Waals surface area contributed by atoms with Crippen molar-refractivity contribution >= 4 is 17.6 Å². The first-order valence-corrected chi connectivity index (χ1v) is 6.25. The molecule has 3 nitrogen and oxygen atoms in total. The number of benzene rings is 1. The fourth-order valence-electron chi connectivity index (χ4n) is 2.31. The van der Waals surface area contributed by atoms with Crippen LogP contribution in [0.3, 0.4) is 0 Å². The molecular weight excluding hydrogens is 238 g/mol. The van der Waals surface area contributed by atoms with Crippen molar-refractivity contribution in [3.63, 3.8) is 0 Å². The van der Waals surface area contributed by atoms with E-state index < -0.39 is 5.97 Å². The third kappa shape index (κ3) is 3.20. The molecule has 1 atom stereocenters. The van der Waals surface area contributed by atoms with E-state index in [0.29, 0.717) is 5.92 Å². The average Bonchev–Trinajstić information content (AvgIpc) is 2.32. The highest BCUT2D eigenvalue weighted by Gasteiger charge is 2.18. The lowest BCUT2D eigenvalue weighted by Crippen LogP contribution is -2.28. The number of aliphatic carboxylic acids is 1. The summed E-state index contributed by atoms with van der Waals surface area (Å²) in [6, 6.07) is 5.54. The summed E-state index contributed by atoms with van der Waals surface area (Å²) in [5.74, 6) is -0.398. The molecule has 1 fully saturated rings. The van der Waals surface area contributed by atoms with Gasteiger partial charge in [-0.15, -0.1) is 0 Å². The maximum absolute atomic E-state index is 10.7. The highest BCUT2D eigenvalue weighted by Crippen LogP contribution is 2.30. The number of halogens is 1. The van der Waals surface area contributed by atoms with Crippen LogP contribution in [0.1, 0.15) is 29.9 Å². The van der Waals surface area contributed by atoms with Gasteiger partial charge in [-0.05, 0) is 42.5 Å². The maximum Gasteiger partial charge on any atom is 0.307 e. The zero-order chi connectivity index (χ0) is 12.3. The predicted molar refractivity (Wildman–Crippen MR) is 67.6 cm³/mol. The molecule has 0 spiro atoms. The minimum Gasteiger partial charge on any atom is -0.481 e. The summed E-state index contributed by atoms with van der Waals surface area (Å²) in [4.78, 5) is 10.7. The first-order chi connectivity index (χ1) is 8.16. The second-order valence-corrected chi connectivity index (χ2v) is 4.88. The van der Waals surface area contributed by atoms with E-state index in [1.54, 1.807) is 6.07 Å². The summed E-state index contributed by atoms with van der Waals surface area (Å²) in [7, 11) is 0. The molecule has 92 valence electrons. The van der Waals surface area contributed by atoms with Gasteiger partial charge in [0, 0.05) is 11.6 Å². The molecule has 17 heavy (non-hydrogen) atoms. The normalized spacial score (nSPS) is 20.2. The van der Waals surface area contributed by atoms with Crippen LogP contribution >= 0.6 is 11.6 Å². The van der Waals surface area contributed by atoms with E-state index in [9.17, 15) is 4.79 Å². The van der Waals surface area contributed by atoms with Crippen LogP contribution < -0.4 is 5.32 Å². The van der Waals surface area contributed by atoms with Gasteiger partial charge in [-0.2, -0.15) is 0 Å². The Balaban J connectivity index is 2.21. The summed E-state index contributed by atoms with van der Waals surface area (Å²) < 4.78 is 0. The van der Waals surface area contributed by atoms with Gasteiger partial charge >= 0.3 is 5.97 Å². The number of piperidine rings is 1. The van der Waals surface area contributed by atoms with Crippen LogP contribution in [0, 0.1) is 0 Å². The minimum absolute atomic E-state index is 0.0598. The number of rotatable bonds is 3. The van der Waals surface area contributed by atoms with E-state index in [2.05, 4.69) is 5.32 Å². The number of hydrogen-bond acceptors (Lipinski definition) is 2. The van der Waals surface area contributed by atoms with Crippen molar-refractivity contribution in [1.82, 2.24) is 5.32 Å².